The third kappa shape index (κ3) is 6.46. The Balaban J connectivity index is 1.10. The molecule has 0 amide bonds. The summed E-state index contributed by atoms with van der Waals surface area (Å²) in [6, 6.07) is 75.3. The summed E-state index contributed by atoms with van der Waals surface area (Å²) in [5.41, 5.74) is 16.3. The maximum Gasteiger partial charge on any atom is 0.136 e. The van der Waals surface area contributed by atoms with E-state index in [0.29, 0.717) is 5.92 Å². The van der Waals surface area contributed by atoms with Crippen LogP contribution in [0.4, 0.5) is 17.1 Å². The molecule has 1 saturated carbocycles. The van der Waals surface area contributed by atoms with Gasteiger partial charge < -0.3 is 9.32 Å². The summed E-state index contributed by atoms with van der Waals surface area (Å²) in [6.07, 6.45) is 6.46. The number of rotatable bonds is 8. The summed E-state index contributed by atoms with van der Waals surface area (Å²) in [7, 11) is 0. The Bertz CT molecular complexity index is 3110. The van der Waals surface area contributed by atoms with Gasteiger partial charge in [-0.15, -0.1) is 0 Å². The van der Waals surface area contributed by atoms with Crippen molar-refractivity contribution in [1.29, 1.82) is 0 Å². The van der Waals surface area contributed by atoms with Crippen molar-refractivity contribution < 1.29 is 4.42 Å². The molecule has 0 unspecified atom stereocenters. The molecule has 2 heteroatoms. The van der Waals surface area contributed by atoms with Crippen molar-refractivity contribution in [3.05, 3.63) is 212 Å². The fraction of sp³-hybridized carbons (Fsp3) is 0.103. The first kappa shape index (κ1) is 36.0. The predicted molar refractivity (Wildman–Crippen MR) is 253 cm³/mol. The second kappa shape index (κ2) is 15.5. The number of fused-ring (bicyclic) bond motifs is 4. The molecule has 11 rings (SSSR count). The lowest BCUT2D eigenvalue weighted by Crippen LogP contribution is -2.12. The van der Waals surface area contributed by atoms with E-state index in [1.165, 1.54) is 87.4 Å². The molecule has 0 bridgehead atoms. The first-order valence-corrected chi connectivity index (χ1v) is 21.5. The van der Waals surface area contributed by atoms with Crippen LogP contribution in [0.25, 0.3) is 77.2 Å². The second-order valence-corrected chi connectivity index (χ2v) is 16.2. The van der Waals surface area contributed by atoms with Gasteiger partial charge in [-0.3, -0.25) is 0 Å². The number of nitrogens with zero attached hydrogens (tertiary/aromatic N) is 1. The van der Waals surface area contributed by atoms with E-state index >= 15 is 0 Å². The zero-order valence-corrected chi connectivity index (χ0v) is 33.6. The van der Waals surface area contributed by atoms with Gasteiger partial charge in [-0.05, 0) is 105 Å². The van der Waals surface area contributed by atoms with Crippen LogP contribution < -0.4 is 4.90 Å². The molecule has 288 valence electrons. The van der Waals surface area contributed by atoms with Crippen LogP contribution in [0.2, 0.25) is 0 Å². The molecular weight excluding hydrogens is 727 g/mol. The average Bonchev–Trinajstić information content (AvgIpc) is 3.72. The predicted octanol–water partition coefficient (Wildman–Crippen LogP) is 16.9. The molecule has 0 atom stereocenters. The van der Waals surface area contributed by atoms with E-state index in [1.807, 2.05) is 6.07 Å². The fourth-order valence-electron chi connectivity index (χ4n) is 9.84. The van der Waals surface area contributed by atoms with Gasteiger partial charge in [0.15, 0.2) is 0 Å². The Hall–Kier alpha value is -7.16. The summed E-state index contributed by atoms with van der Waals surface area (Å²) < 4.78 is 6.30. The molecule has 0 aliphatic heterocycles. The Morgan fingerprint density at radius 2 is 0.917 bits per heavy atom. The second-order valence-electron chi connectivity index (χ2n) is 16.2. The zero-order valence-electron chi connectivity index (χ0n) is 33.6. The number of benzene rings is 9. The fourth-order valence-corrected chi connectivity index (χ4v) is 9.84. The van der Waals surface area contributed by atoms with E-state index in [1.54, 1.807) is 0 Å². The molecule has 1 heterocycles. The highest BCUT2D eigenvalue weighted by molar-refractivity contribution is 6.12. The molecule has 1 aliphatic rings. The summed E-state index contributed by atoms with van der Waals surface area (Å²) in [6.45, 7) is 0. The van der Waals surface area contributed by atoms with Gasteiger partial charge in [-0.25, -0.2) is 0 Å². The van der Waals surface area contributed by atoms with Crippen molar-refractivity contribution in [2.24, 2.45) is 0 Å². The maximum atomic E-state index is 6.30. The minimum Gasteiger partial charge on any atom is -0.456 e. The number of para-hydroxylation sites is 3. The molecule has 60 heavy (non-hydrogen) atoms. The van der Waals surface area contributed by atoms with E-state index in [-0.39, 0.29) is 0 Å². The van der Waals surface area contributed by atoms with Crippen molar-refractivity contribution in [3.8, 4) is 44.5 Å². The van der Waals surface area contributed by atoms with Gasteiger partial charge in [-0.1, -0.05) is 189 Å². The van der Waals surface area contributed by atoms with E-state index in [2.05, 4.69) is 205 Å². The van der Waals surface area contributed by atoms with Crippen molar-refractivity contribution in [2.45, 2.75) is 38.0 Å². The molecule has 0 radical (unpaired) electrons. The smallest absolute Gasteiger partial charge is 0.136 e. The molecule has 0 saturated heterocycles. The molecule has 1 aromatic heterocycles. The van der Waals surface area contributed by atoms with Gasteiger partial charge in [0.25, 0.3) is 0 Å². The lowest BCUT2D eigenvalue weighted by atomic mass is 9.80. The lowest BCUT2D eigenvalue weighted by Gasteiger charge is -2.31. The summed E-state index contributed by atoms with van der Waals surface area (Å²) in [5.74, 6) is 0.579. The Kier molecular flexibility index (Phi) is 9.32. The largest absolute Gasteiger partial charge is 0.456 e. The minimum atomic E-state index is 0.579. The quantitative estimate of drug-likeness (QED) is 0.153. The maximum absolute atomic E-state index is 6.30. The molecule has 0 spiro atoms. The van der Waals surface area contributed by atoms with Gasteiger partial charge in [-0.2, -0.15) is 0 Å². The molecule has 1 aliphatic carbocycles. The summed E-state index contributed by atoms with van der Waals surface area (Å²) >= 11 is 0. The van der Waals surface area contributed by atoms with E-state index in [4.69, 9.17) is 4.42 Å². The topological polar surface area (TPSA) is 16.4 Å². The monoisotopic (exact) mass is 771 g/mol. The number of furan rings is 1. The van der Waals surface area contributed by atoms with Crippen LogP contribution in [0.5, 0.6) is 0 Å². The Morgan fingerprint density at radius 1 is 0.367 bits per heavy atom. The number of hydrogen-bond donors (Lipinski definition) is 0. The van der Waals surface area contributed by atoms with Gasteiger partial charge in [0.1, 0.15) is 11.2 Å². The van der Waals surface area contributed by atoms with Crippen LogP contribution >= 0.6 is 0 Å². The average molecular weight is 772 g/mol. The normalized spacial score (nSPS) is 13.3. The van der Waals surface area contributed by atoms with E-state index in [0.717, 1.165) is 44.6 Å². The lowest BCUT2D eigenvalue weighted by molar-refractivity contribution is 0.445. The standard InChI is InChI=1S/C58H45NO/c1-3-16-40(17-4-1)41-32-34-43(35-33-41)47-22-7-10-28-53(47)59(46-38-36-44(37-39-46)49-26-15-31-56-58(49)52-24-9-12-30-55(52)60-56)54-29-11-8-23-50(54)51-27-14-21-45-20-13-25-48(57(45)51)42-18-5-2-6-19-42/h1,3-4,7-17,20-39,42H,2,5-6,18-19H2. The van der Waals surface area contributed by atoms with E-state index in [9.17, 15) is 0 Å². The van der Waals surface area contributed by atoms with Crippen molar-refractivity contribution in [1.82, 2.24) is 0 Å². The van der Waals surface area contributed by atoms with Crippen molar-refractivity contribution >= 4 is 49.8 Å². The Labute approximate surface area is 352 Å². The van der Waals surface area contributed by atoms with Gasteiger partial charge in [0, 0.05) is 27.6 Å². The van der Waals surface area contributed by atoms with Crippen LogP contribution in [0, 0.1) is 0 Å². The first-order chi connectivity index (χ1) is 29.8. The number of hydrogen-bond acceptors (Lipinski definition) is 2. The summed E-state index contributed by atoms with van der Waals surface area (Å²) in [4.78, 5) is 2.48. The Morgan fingerprint density at radius 3 is 1.72 bits per heavy atom. The number of anilines is 3. The van der Waals surface area contributed by atoms with E-state index < -0.39 is 0 Å². The highest BCUT2D eigenvalue weighted by atomic mass is 16.3. The van der Waals surface area contributed by atoms with Crippen LogP contribution in [-0.2, 0) is 0 Å². The molecular formula is C58H45NO. The third-order valence-corrected chi connectivity index (χ3v) is 12.7. The molecule has 0 N–H and O–H groups in total. The van der Waals surface area contributed by atoms with Crippen LogP contribution in [0.3, 0.4) is 0 Å². The first-order valence-electron chi connectivity index (χ1n) is 21.5. The molecule has 9 aromatic carbocycles. The van der Waals surface area contributed by atoms with Crippen LogP contribution in [0.15, 0.2) is 211 Å². The van der Waals surface area contributed by atoms with Gasteiger partial charge >= 0.3 is 0 Å². The van der Waals surface area contributed by atoms with Crippen LogP contribution in [-0.4, -0.2) is 0 Å². The molecule has 1 fully saturated rings. The SMILES string of the molecule is c1ccc(-c2ccc(-c3ccccc3N(c3ccc(-c4cccc5oc6ccccc6c45)cc3)c3ccccc3-c3cccc4cccc(C5CCCCC5)c34)cc2)cc1. The van der Waals surface area contributed by atoms with Crippen molar-refractivity contribution in [2.75, 3.05) is 4.90 Å². The van der Waals surface area contributed by atoms with Crippen LogP contribution in [0.1, 0.15) is 43.6 Å². The molecule has 2 nitrogen and oxygen atoms in total. The molecule has 10 aromatic rings. The minimum absolute atomic E-state index is 0.579. The highest BCUT2D eigenvalue weighted by Gasteiger charge is 2.24. The highest BCUT2D eigenvalue weighted by Crippen LogP contribution is 2.48. The van der Waals surface area contributed by atoms with Crippen molar-refractivity contribution in [3.63, 3.8) is 0 Å². The third-order valence-electron chi connectivity index (χ3n) is 12.7. The zero-order chi connectivity index (χ0) is 39.8. The van der Waals surface area contributed by atoms with Gasteiger partial charge in [0.05, 0.1) is 11.4 Å². The van der Waals surface area contributed by atoms with Gasteiger partial charge in [0.2, 0.25) is 0 Å². The summed E-state index contributed by atoms with van der Waals surface area (Å²) in [5, 5.41) is 4.98.